The van der Waals surface area contributed by atoms with Crippen LogP contribution < -0.4 is 14.4 Å². The first-order valence-electron chi connectivity index (χ1n) is 18.5. The summed E-state index contributed by atoms with van der Waals surface area (Å²) in [5.41, 5.74) is 3.47. The summed E-state index contributed by atoms with van der Waals surface area (Å²) in [6.45, 7) is 4.67. The summed E-state index contributed by atoms with van der Waals surface area (Å²) in [4.78, 5) is 29.7. The lowest BCUT2D eigenvalue weighted by molar-refractivity contribution is -0.128. The van der Waals surface area contributed by atoms with Crippen LogP contribution in [0.5, 0.6) is 5.75 Å². The van der Waals surface area contributed by atoms with E-state index in [0.29, 0.717) is 81.1 Å². The first-order chi connectivity index (χ1) is 24.8. The van der Waals surface area contributed by atoms with Gasteiger partial charge in [0.05, 0.1) is 29.8 Å². The number of anilines is 1. The molecule has 12 heteroatoms. The summed E-state index contributed by atoms with van der Waals surface area (Å²) in [5, 5.41) is 0.153. The van der Waals surface area contributed by atoms with Crippen molar-refractivity contribution in [3.8, 4) is 5.75 Å². The lowest BCUT2D eigenvalue weighted by atomic mass is 9.70. The van der Waals surface area contributed by atoms with E-state index in [-0.39, 0.29) is 24.4 Å². The van der Waals surface area contributed by atoms with Crippen molar-refractivity contribution in [3.05, 3.63) is 70.3 Å². The number of amides is 2. The molecular weight excluding hydrogens is 690 g/mol. The molecule has 0 radical (unpaired) electrons. The third-order valence-corrected chi connectivity index (χ3v) is 13.4. The molecule has 0 spiro atoms. The van der Waals surface area contributed by atoms with Crippen molar-refractivity contribution in [2.75, 3.05) is 45.0 Å². The number of carbonyl (C=O) groups is 2. The predicted molar refractivity (Wildman–Crippen MR) is 200 cm³/mol. The Kier molecular flexibility index (Phi) is 13.1. The largest absolute Gasteiger partial charge is 0.491 e. The minimum Gasteiger partial charge on any atom is -0.491 e. The molecule has 278 valence electrons. The van der Waals surface area contributed by atoms with Crippen LogP contribution in [0.1, 0.15) is 86.2 Å². The summed E-state index contributed by atoms with van der Waals surface area (Å²) in [6, 6.07) is 11.4. The van der Waals surface area contributed by atoms with Crippen LogP contribution >= 0.6 is 11.6 Å². The van der Waals surface area contributed by atoms with Gasteiger partial charge in [0.15, 0.2) is 0 Å². The third kappa shape index (κ3) is 9.53. The molecule has 0 aromatic heterocycles. The van der Waals surface area contributed by atoms with Crippen molar-refractivity contribution < 1.29 is 32.7 Å². The molecule has 3 heterocycles. The molecule has 1 aliphatic carbocycles. The van der Waals surface area contributed by atoms with Crippen LogP contribution in [0.25, 0.3) is 0 Å². The van der Waals surface area contributed by atoms with E-state index in [1.165, 1.54) is 11.1 Å². The van der Waals surface area contributed by atoms with Gasteiger partial charge in [0, 0.05) is 44.0 Å². The highest BCUT2D eigenvalue weighted by Gasteiger charge is 2.38. The molecule has 10 nitrogen and oxygen atoms in total. The molecule has 1 saturated carbocycles. The van der Waals surface area contributed by atoms with Gasteiger partial charge in [-0.1, -0.05) is 36.7 Å². The van der Waals surface area contributed by atoms with E-state index in [0.717, 1.165) is 44.3 Å². The molecule has 4 aliphatic rings. The highest BCUT2D eigenvalue weighted by Crippen LogP contribution is 2.42. The third-order valence-electron chi connectivity index (χ3n) is 10.8. The highest BCUT2D eigenvalue weighted by atomic mass is 35.5. The number of fused-ring (bicyclic) bond motifs is 3. The average Bonchev–Trinajstić information content (AvgIpc) is 3.14. The fraction of sp³-hybridized carbons (Fsp3) is 0.590. The summed E-state index contributed by atoms with van der Waals surface area (Å²) >= 11 is 6.47. The zero-order valence-electron chi connectivity index (χ0n) is 29.9. The minimum atomic E-state index is -3.54. The number of benzene rings is 2. The fourth-order valence-corrected chi connectivity index (χ4v) is 9.88. The van der Waals surface area contributed by atoms with Crippen molar-refractivity contribution in [3.63, 3.8) is 0 Å². The first kappa shape index (κ1) is 37.8. The van der Waals surface area contributed by atoms with Gasteiger partial charge in [-0.05, 0) is 118 Å². The number of rotatable bonds is 6. The first-order valence-corrected chi connectivity index (χ1v) is 20.5. The van der Waals surface area contributed by atoms with Crippen molar-refractivity contribution in [2.24, 2.45) is 16.2 Å². The van der Waals surface area contributed by atoms with Gasteiger partial charge in [0.25, 0.3) is 11.8 Å². The normalized spacial score (nSPS) is 28.5. The summed E-state index contributed by atoms with van der Waals surface area (Å²) in [5.74, 6) is 0.187. The molecular formula is C39H52ClN3O7S. The number of nitrogens with one attached hydrogen (secondary N) is 1. The number of carbonyl (C=O) groups excluding carboxylic acids is 2. The maximum Gasteiger partial charge on any atom is 0.286 e. The molecule has 1 unspecified atom stereocenters. The molecule has 6 rings (SSSR count). The molecule has 1 N–H and O–H groups in total. The molecule has 2 fully saturated rings. The second kappa shape index (κ2) is 17.7. The smallest absolute Gasteiger partial charge is 0.286 e. The molecule has 3 aliphatic heterocycles. The van der Waals surface area contributed by atoms with E-state index in [9.17, 15) is 13.8 Å². The Morgan fingerprint density at radius 3 is 2.67 bits per heavy atom. The molecule has 2 amide bonds. The van der Waals surface area contributed by atoms with Crippen molar-refractivity contribution >= 4 is 39.0 Å². The maximum atomic E-state index is 14.8. The zero-order valence-corrected chi connectivity index (χ0v) is 31.4. The lowest BCUT2D eigenvalue weighted by Crippen LogP contribution is -2.43. The van der Waals surface area contributed by atoms with Crippen molar-refractivity contribution in [1.29, 1.82) is 0 Å². The van der Waals surface area contributed by atoms with Gasteiger partial charge in [-0.2, -0.15) is 0 Å². The van der Waals surface area contributed by atoms with Gasteiger partial charge in [-0.15, -0.1) is 4.36 Å². The second-order valence-electron chi connectivity index (χ2n) is 14.1. The number of ether oxygens (including phenoxy) is 4. The Morgan fingerprint density at radius 1 is 1.06 bits per heavy atom. The van der Waals surface area contributed by atoms with Crippen LogP contribution in [0.4, 0.5) is 5.69 Å². The number of hydrogen-bond donors (Lipinski definition) is 1. The van der Waals surface area contributed by atoms with E-state index in [4.69, 9.17) is 30.5 Å². The van der Waals surface area contributed by atoms with E-state index >= 15 is 0 Å². The fourth-order valence-electron chi connectivity index (χ4n) is 7.68. The topological polar surface area (TPSA) is 116 Å². The van der Waals surface area contributed by atoms with E-state index in [1.54, 1.807) is 13.2 Å². The van der Waals surface area contributed by atoms with Crippen molar-refractivity contribution in [1.82, 2.24) is 4.72 Å². The number of hydrogen-bond acceptors (Lipinski definition) is 8. The SMILES string of the molecule is CC[C@@H]1CC/C=C/[C@H](OC)[C@@H]2CC[C@H]2CN2Cc3ccc(Cl)cc3CCCCOc3ccc(cc32)C(=O)N=S1(=O)NC(=O)COC1CCOCC1. The van der Waals surface area contributed by atoms with Gasteiger partial charge in [-0.3, -0.25) is 14.3 Å². The predicted octanol–water partition coefficient (Wildman–Crippen LogP) is 7.07. The summed E-state index contributed by atoms with van der Waals surface area (Å²) in [6.07, 6.45) is 11.8. The minimum absolute atomic E-state index is 0.0635. The Bertz CT molecular complexity index is 1690. The number of nitrogens with zero attached hydrogens (tertiary/aromatic N) is 2. The highest BCUT2D eigenvalue weighted by molar-refractivity contribution is 7.93. The van der Waals surface area contributed by atoms with Gasteiger partial charge in [-0.25, -0.2) is 4.21 Å². The van der Waals surface area contributed by atoms with Crippen LogP contribution in [0, 0.1) is 11.8 Å². The maximum absolute atomic E-state index is 14.8. The zero-order chi connectivity index (χ0) is 35.8. The Balaban J connectivity index is 1.40. The number of aryl methyl sites for hydroxylation is 1. The van der Waals surface area contributed by atoms with E-state index in [1.807, 2.05) is 25.1 Å². The average molecular weight is 742 g/mol. The standard InChI is InChI=1S/C39H52ClN3O7S/c1-3-33-9-4-5-10-36(47-2)34-15-12-30(34)25-43-24-29-11-14-31(40)22-27(29)8-6-7-19-49-37-16-13-28(23-35(37)43)39(45)42-51(33,46)41-38(44)26-50-32-17-20-48-21-18-32/h5,10-11,13-14,16,22-23,30,32-34,36H,3-4,6-9,12,15,17-21,24-26H2,1-2H3,(H,41,42,44,45,46)/b10-5+/t30-,33+,34+,36-,51?/m0/s1. The molecule has 2 aromatic carbocycles. The van der Waals surface area contributed by atoms with Gasteiger partial charge < -0.3 is 23.8 Å². The van der Waals surface area contributed by atoms with Crippen LogP contribution in [0.15, 0.2) is 52.9 Å². The molecule has 2 bridgehead atoms. The summed E-state index contributed by atoms with van der Waals surface area (Å²) < 4.78 is 45.5. The second-order valence-corrected chi connectivity index (χ2v) is 16.8. The summed E-state index contributed by atoms with van der Waals surface area (Å²) in [7, 11) is -1.78. The van der Waals surface area contributed by atoms with Crippen molar-refractivity contribution in [2.45, 2.75) is 95.1 Å². The molecule has 5 atom stereocenters. The van der Waals surface area contributed by atoms with Gasteiger partial charge in [0.1, 0.15) is 22.3 Å². The van der Waals surface area contributed by atoms with Gasteiger partial charge in [0.2, 0.25) is 0 Å². The Morgan fingerprint density at radius 2 is 1.90 bits per heavy atom. The molecule has 51 heavy (non-hydrogen) atoms. The number of allylic oxidation sites excluding steroid dienone is 1. The lowest BCUT2D eigenvalue weighted by Gasteiger charge is -2.43. The van der Waals surface area contributed by atoms with Gasteiger partial charge >= 0.3 is 0 Å². The Hall–Kier alpha value is -2.96. The number of halogens is 1. The van der Waals surface area contributed by atoms with Crippen LogP contribution in [0.2, 0.25) is 5.02 Å². The Labute approximate surface area is 307 Å². The molecule has 1 saturated heterocycles. The van der Waals surface area contributed by atoms with E-state index < -0.39 is 27.0 Å². The quantitative estimate of drug-likeness (QED) is 0.313. The van der Waals surface area contributed by atoms with Crippen LogP contribution in [-0.4, -0.2) is 73.6 Å². The van der Waals surface area contributed by atoms with Crippen LogP contribution in [-0.2, 0) is 41.9 Å². The molecule has 2 aromatic rings. The van der Waals surface area contributed by atoms with Crippen LogP contribution in [0.3, 0.4) is 0 Å². The number of methoxy groups -OCH3 is 1. The monoisotopic (exact) mass is 741 g/mol. The van der Waals surface area contributed by atoms with E-state index in [2.05, 4.69) is 38.3 Å².